The maximum atomic E-state index is 12.5. The van der Waals surface area contributed by atoms with Crippen molar-refractivity contribution in [1.82, 2.24) is 10.2 Å². The summed E-state index contributed by atoms with van der Waals surface area (Å²) in [4.78, 5) is 26.6. The molecular weight excluding hydrogens is 336 g/mol. The minimum Gasteiger partial charge on any atom is -0.352 e. The lowest BCUT2D eigenvalue weighted by molar-refractivity contribution is -0.128. The van der Waals surface area contributed by atoms with Crippen LogP contribution in [0.25, 0.3) is 10.8 Å². The molecule has 3 aromatic carbocycles. The van der Waals surface area contributed by atoms with Crippen molar-refractivity contribution in [2.24, 2.45) is 5.92 Å². The molecule has 1 saturated heterocycles. The third-order valence-electron chi connectivity index (χ3n) is 5.07. The average molecular weight is 358 g/mol. The highest BCUT2D eigenvalue weighted by atomic mass is 16.2. The van der Waals surface area contributed by atoms with Gasteiger partial charge >= 0.3 is 0 Å². The Balaban J connectivity index is 1.34. The zero-order chi connectivity index (χ0) is 18.6. The molecule has 1 N–H and O–H groups in total. The van der Waals surface area contributed by atoms with Gasteiger partial charge in [-0.3, -0.25) is 9.59 Å². The summed E-state index contributed by atoms with van der Waals surface area (Å²) in [5.74, 6) is 0.226. The second-order valence-corrected chi connectivity index (χ2v) is 7.10. The van der Waals surface area contributed by atoms with E-state index in [1.54, 1.807) is 0 Å². The van der Waals surface area contributed by atoms with Gasteiger partial charge in [-0.25, -0.2) is 0 Å². The van der Waals surface area contributed by atoms with E-state index in [2.05, 4.69) is 5.32 Å². The van der Waals surface area contributed by atoms with E-state index in [0.717, 1.165) is 16.3 Å². The van der Waals surface area contributed by atoms with Crippen LogP contribution in [-0.2, 0) is 11.3 Å². The first kappa shape index (κ1) is 17.3. The molecule has 4 nitrogen and oxygen atoms in total. The number of nitrogens with zero attached hydrogens (tertiary/aromatic N) is 1. The highest BCUT2D eigenvalue weighted by Gasteiger charge is 2.29. The molecule has 1 heterocycles. The molecule has 4 heteroatoms. The maximum Gasteiger partial charge on any atom is 0.251 e. The lowest BCUT2D eigenvalue weighted by Gasteiger charge is -2.17. The predicted molar refractivity (Wildman–Crippen MR) is 106 cm³/mol. The second-order valence-electron chi connectivity index (χ2n) is 7.10. The van der Waals surface area contributed by atoms with Crippen molar-refractivity contribution >= 4 is 22.6 Å². The Morgan fingerprint density at radius 2 is 1.70 bits per heavy atom. The number of likely N-dealkylation sites (tertiary alicyclic amines) is 1. The van der Waals surface area contributed by atoms with E-state index in [-0.39, 0.29) is 17.7 Å². The fourth-order valence-corrected chi connectivity index (χ4v) is 3.62. The van der Waals surface area contributed by atoms with Crippen molar-refractivity contribution in [2.75, 3.05) is 13.1 Å². The predicted octanol–water partition coefficient (Wildman–Crippen LogP) is 3.62. The normalized spacial score (nSPS) is 16.7. The Hall–Kier alpha value is -3.14. The second kappa shape index (κ2) is 7.62. The van der Waals surface area contributed by atoms with Crippen molar-refractivity contribution in [2.45, 2.75) is 13.0 Å². The lowest BCUT2D eigenvalue weighted by Crippen LogP contribution is -2.31. The first-order valence-electron chi connectivity index (χ1n) is 9.28. The average Bonchev–Trinajstić information content (AvgIpc) is 3.06. The number of carbonyl (C=O) groups excluding carboxylic acids is 2. The molecule has 0 aromatic heterocycles. The van der Waals surface area contributed by atoms with Crippen molar-refractivity contribution in [1.29, 1.82) is 0 Å². The fraction of sp³-hybridized carbons (Fsp3) is 0.217. The molecule has 3 aromatic rings. The Bertz CT molecular complexity index is 968. The van der Waals surface area contributed by atoms with Gasteiger partial charge in [0.15, 0.2) is 0 Å². The Labute approximate surface area is 158 Å². The largest absolute Gasteiger partial charge is 0.352 e. The number of fused-ring (bicyclic) bond motifs is 1. The third-order valence-corrected chi connectivity index (χ3v) is 5.07. The van der Waals surface area contributed by atoms with Crippen LogP contribution in [0.1, 0.15) is 22.3 Å². The molecule has 0 aliphatic carbocycles. The van der Waals surface area contributed by atoms with Crippen LogP contribution in [0.5, 0.6) is 0 Å². The summed E-state index contributed by atoms with van der Waals surface area (Å²) in [6.07, 6.45) is 0.491. The van der Waals surface area contributed by atoms with Crippen LogP contribution in [0.4, 0.5) is 0 Å². The first-order valence-corrected chi connectivity index (χ1v) is 9.28. The fourth-order valence-electron chi connectivity index (χ4n) is 3.62. The quantitative estimate of drug-likeness (QED) is 0.757. The summed E-state index contributed by atoms with van der Waals surface area (Å²) in [6.45, 7) is 1.84. The van der Waals surface area contributed by atoms with E-state index in [1.807, 2.05) is 77.7 Å². The number of amides is 2. The van der Waals surface area contributed by atoms with Gasteiger partial charge in [0.05, 0.1) is 0 Å². The SMILES string of the molecule is O=C(NCC1CC(=O)N(Cc2ccccc2)C1)c1ccc2ccccc2c1. The maximum absolute atomic E-state index is 12.5. The number of hydrogen-bond donors (Lipinski definition) is 1. The molecule has 2 amide bonds. The molecule has 1 fully saturated rings. The summed E-state index contributed by atoms with van der Waals surface area (Å²) in [6, 6.07) is 23.7. The van der Waals surface area contributed by atoms with Gasteiger partial charge in [0.25, 0.3) is 5.91 Å². The molecule has 1 unspecified atom stereocenters. The van der Waals surface area contributed by atoms with E-state index < -0.39 is 0 Å². The Kier molecular flexibility index (Phi) is 4.88. The number of nitrogens with one attached hydrogen (secondary N) is 1. The van der Waals surface area contributed by atoms with Gasteiger partial charge in [-0.1, -0.05) is 60.7 Å². The van der Waals surface area contributed by atoms with Crippen molar-refractivity contribution in [3.05, 3.63) is 83.9 Å². The highest BCUT2D eigenvalue weighted by Crippen LogP contribution is 2.20. The molecule has 1 aliphatic rings. The molecule has 1 aliphatic heterocycles. The molecule has 4 rings (SSSR count). The summed E-state index contributed by atoms with van der Waals surface area (Å²) >= 11 is 0. The molecular formula is C23H22N2O2. The van der Waals surface area contributed by atoms with Gasteiger partial charge in [-0.05, 0) is 28.5 Å². The van der Waals surface area contributed by atoms with Gasteiger partial charge in [0, 0.05) is 37.5 Å². The Morgan fingerprint density at radius 3 is 2.52 bits per heavy atom. The van der Waals surface area contributed by atoms with Crippen LogP contribution in [-0.4, -0.2) is 29.8 Å². The number of hydrogen-bond acceptors (Lipinski definition) is 2. The zero-order valence-electron chi connectivity index (χ0n) is 15.1. The molecule has 136 valence electrons. The van der Waals surface area contributed by atoms with E-state index in [9.17, 15) is 9.59 Å². The van der Waals surface area contributed by atoms with E-state index in [0.29, 0.717) is 31.6 Å². The monoisotopic (exact) mass is 358 g/mol. The van der Waals surface area contributed by atoms with E-state index >= 15 is 0 Å². The Morgan fingerprint density at radius 1 is 0.963 bits per heavy atom. The molecule has 1 atom stereocenters. The van der Waals surface area contributed by atoms with Gasteiger partial charge in [-0.15, -0.1) is 0 Å². The lowest BCUT2D eigenvalue weighted by atomic mass is 10.1. The van der Waals surface area contributed by atoms with E-state index in [1.165, 1.54) is 0 Å². The molecule has 0 spiro atoms. The van der Waals surface area contributed by atoms with Gasteiger partial charge in [-0.2, -0.15) is 0 Å². The summed E-state index contributed by atoms with van der Waals surface area (Å²) in [7, 11) is 0. The number of carbonyl (C=O) groups is 2. The van der Waals surface area contributed by atoms with Crippen LogP contribution in [0.3, 0.4) is 0 Å². The molecule has 0 radical (unpaired) electrons. The smallest absolute Gasteiger partial charge is 0.251 e. The van der Waals surface area contributed by atoms with Crippen molar-refractivity contribution in [3.8, 4) is 0 Å². The standard InChI is InChI=1S/C23H22N2O2/c26-22-12-18(16-25(22)15-17-6-2-1-3-7-17)14-24-23(27)21-11-10-19-8-4-5-9-20(19)13-21/h1-11,13,18H,12,14-16H2,(H,24,27). The topological polar surface area (TPSA) is 49.4 Å². The van der Waals surface area contributed by atoms with Gasteiger partial charge in [0.2, 0.25) is 5.91 Å². The van der Waals surface area contributed by atoms with Crippen LogP contribution in [0.2, 0.25) is 0 Å². The highest BCUT2D eigenvalue weighted by molar-refractivity contribution is 5.98. The third kappa shape index (κ3) is 4.00. The van der Waals surface area contributed by atoms with Crippen molar-refractivity contribution < 1.29 is 9.59 Å². The van der Waals surface area contributed by atoms with E-state index in [4.69, 9.17) is 0 Å². The first-order chi connectivity index (χ1) is 13.2. The van der Waals surface area contributed by atoms with Gasteiger partial charge in [0.1, 0.15) is 0 Å². The zero-order valence-corrected chi connectivity index (χ0v) is 15.1. The summed E-state index contributed by atoms with van der Waals surface area (Å²) in [5.41, 5.74) is 1.78. The number of benzene rings is 3. The van der Waals surface area contributed by atoms with Crippen LogP contribution in [0.15, 0.2) is 72.8 Å². The van der Waals surface area contributed by atoms with Crippen molar-refractivity contribution in [3.63, 3.8) is 0 Å². The van der Waals surface area contributed by atoms with Crippen LogP contribution < -0.4 is 5.32 Å². The minimum atomic E-state index is -0.0882. The van der Waals surface area contributed by atoms with Crippen LogP contribution in [0, 0.1) is 5.92 Å². The molecule has 0 saturated carbocycles. The number of rotatable bonds is 5. The molecule has 27 heavy (non-hydrogen) atoms. The summed E-state index contributed by atoms with van der Waals surface area (Å²) in [5, 5.41) is 5.16. The summed E-state index contributed by atoms with van der Waals surface area (Å²) < 4.78 is 0. The van der Waals surface area contributed by atoms with Crippen LogP contribution >= 0.6 is 0 Å². The van der Waals surface area contributed by atoms with Gasteiger partial charge < -0.3 is 10.2 Å². The molecule has 0 bridgehead atoms. The minimum absolute atomic E-state index is 0.0882.